The molecule has 0 aliphatic rings. The number of aromatic nitrogens is 2. The second-order valence-corrected chi connectivity index (χ2v) is 11.1. The lowest BCUT2D eigenvalue weighted by atomic mass is 10.0. The molecule has 6 amide bonds. The summed E-state index contributed by atoms with van der Waals surface area (Å²) in [6.07, 6.45) is 1.16. The molecular weight excluding hydrogens is 662 g/mol. The van der Waals surface area contributed by atoms with Crippen molar-refractivity contribution in [1.29, 1.82) is 0 Å². The van der Waals surface area contributed by atoms with Gasteiger partial charge < -0.3 is 58.4 Å². The van der Waals surface area contributed by atoms with Gasteiger partial charge in [0.1, 0.15) is 24.2 Å². The molecular formula is C30H41N9O11. The number of nitrogens with two attached hydrogens (primary N) is 2. The topological polar surface area (TPSA) is 338 Å². The maximum absolute atomic E-state index is 13.4. The number of imidazole rings is 1. The molecule has 0 unspecified atom stereocenters. The monoisotopic (exact) mass is 703 g/mol. The molecule has 5 atom stereocenters. The first kappa shape index (κ1) is 40.3. The van der Waals surface area contributed by atoms with Gasteiger partial charge >= 0.3 is 11.9 Å². The smallest absolute Gasteiger partial charge is 0.326 e. The number of rotatable bonds is 22. The average Bonchev–Trinajstić information content (AvgIpc) is 3.59. The van der Waals surface area contributed by atoms with Gasteiger partial charge in [0.05, 0.1) is 25.5 Å². The Bertz CT molecular complexity index is 1490. The fourth-order valence-electron chi connectivity index (χ4n) is 4.39. The number of amides is 6. The average molecular weight is 704 g/mol. The van der Waals surface area contributed by atoms with E-state index < -0.39 is 97.2 Å². The molecule has 13 N–H and O–H groups in total. The molecule has 0 spiro atoms. The van der Waals surface area contributed by atoms with Gasteiger partial charge in [-0.15, -0.1) is 0 Å². The molecule has 0 radical (unpaired) electrons. The maximum Gasteiger partial charge on any atom is 0.326 e. The number of carbonyl (C=O) groups excluding carboxylic acids is 6. The van der Waals surface area contributed by atoms with Gasteiger partial charge in [-0.1, -0.05) is 30.3 Å². The Labute approximate surface area is 285 Å². The normalized spacial score (nSPS) is 13.7. The van der Waals surface area contributed by atoms with Gasteiger partial charge in [-0.2, -0.15) is 0 Å². The lowest BCUT2D eigenvalue weighted by Crippen LogP contribution is -2.58. The number of carboxylic acids is 2. The van der Waals surface area contributed by atoms with E-state index in [1.165, 1.54) is 12.5 Å². The minimum Gasteiger partial charge on any atom is -0.481 e. The third-order valence-corrected chi connectivity index (χ3v) is 7.08. The van der Waals surface area contributed by atoms with Crippen LogP contribution in [0.15, 0.2) is 42.9 Å². The zero-order valence-electron chi connectivity index (χ0n) is 26.8. The molecule has 20 heteroatoms. The van der Waals surface area contributed by atoms with Crippen molar-refractivity contribution in [3.05, 3.63) is 54.1 Å². The number of nitrogens with zero attached hydrogens (tertiary/aromatic N) is 1. The number of carboxylic acid groups (broad SMARTS) is 2. The number of hydrogen-bond donors (Lipinski definition) is 11. The highest BCUT2D eigenvalue weighted by Gasteiger charge is 2.31. The standard InChI is InChI=1S/C30H41N9O11/c31-18(6-9-25(43)44)26(45)39-22(14-40)27(46)34-13-24(42)36-19(7-8-23(32)41)28(47)37-20(10-16-4-2-1-3-5-16)29(48)38-21(30(49)50)11-17-12-33-15-35-17/h1-5,12,15,18-22,40H,6-11,13-14,31H2,(H2,32,41)(H,33,35)(H,34,46)(H,36,42)(H,37,47)(H,38,48)(H,39,45)(H,43,44)(H,49,50)/t18-,19-,20-,21-,22-/m0/s1. The van der Waals surface area contributed by atoms with Crippen molar-refractivity contribution >= 4 is 47.4 Å². The first-order valence-electron chi connectivity index (χ1n) is 15.3. The predicted molar refractivity (Wildman–Crippen MR) is 171 cm³/mol. The van der Waals surface area contributed by atoms with Gasteiger partial charge in [0.2, 0.25) is 35.4 Å². The Hall–Kier alpha value is -5.89. The van der Waals surface area contributed by atoms with Crippen LogP contribution >= 0.6 is 0 Å². The van der Waals surface area contributed by atoms with Crippen LogP contribution in [0.25, 0.3) is 0 Å². The van der Waals surface area contributed by atoms with Crippen LogP contribution < -0.4 is 38.1 Å². The minimum atomic E-state index is -1.56. The van der Waals surface area contributed by atoms with Crippen LogP contribution in [0.5, 0.6) is 0 Å². The number of hydrogen-bond acceptors (Lipinski definition) is 11. The summed E-state index contributed by atoms with van der Waals surface area (Å²) in [5, 5.41) is 39.5. The summed E-state index contributed by atoms with van der Waals surface area (Å²) >= 11 is 0. The summed E-state index contributed by atoms with van der Waals surface area (Å²) in [6.45, 7) is -1.66. The SMILES string of the molecule is NC(=O)CC[C@H](NC(=O)CNC(=O)[C@H](CO)NC(=O)[C@@H](N)CCC(=O)O)C(=O)N[C@@H](Cc1ccccc1)C(=O)N[C@@H](Cc1cnc[nH]1)C(=O)O. The fraction of sp³-hybridized carbons (Fsp3) is 0.433. The summed E-state index contributed by atoms with van der Waals surface area (Å²) in [5.74, 6) is -8.02. The van der Waals surface area contributed by atoms with Crippen molar-refractivity contribution in [2.75, 3.05) is 13.2 Å². The highest BCUT2D eigenvalue weighted by Crippen LogP contribution is 2.07. The Morgan fingerprint density at radius 1 is 0.760 bits per heavy atom. The van der Waals surface area contributed by atoms with E-state index >= 15 is 0 Å². The largest absolute Gasteiger partial charge is 0.481 e. The molecule has 50 heavy (non-hydrogen) atoms. The summed E-state index contributed by atoms with van der Waals surface area (Å²) in [6, 6.07) is 1.39. The van der Waals surface area contributed by atoms with E-state index in [-0.39, 0.29) is 32.1 Å². The van der Waals surface area contributed by atoms with Crippen molar-refractivity contribution in [2.24, 2.45) is 11.5 Å². The lowest BCUT2D eigenvalue weighted by Gasteiger charge is -2.25. The van der Waals surface area contributed by atoms with Gasteiger partial charge in [0.25, 0.3) is 0 Å². The van der Waals surface area contributed by atoms with E-state index in [1.807, 2.05) is 0 Å². The minimum absolute atomic E-state index is 0.0877. The Kier molecular flexibility index (Phi) is 16.5. The van der Waals surface area contributed by atoms with Gasteiger partial charge in [0.15, 0.2) is 0 Å². The molecule has 2 aromatic rings. The molecule has 0 saturated heterocycles. The molecule has 0 aliphatic carbocycles. The number of aromatic amines is 1. The van der Waals surface area contributed by atoms with Crippen LogP contribution in [-0.4, -0.2) is 116 Å². The van der Waals surface area contributed by atoms with Gasteiger partial charge in [0, 0.05) is 37.6 Å². The summed E-state index contributed by atoms with van der Waals surface area (Å²) in [5.41, 5.74) is 11.9. The molecule has 0 aliphatic heterocycles. The number of aliphatic hydroxyl groups excluding tert-OH is 1. The summed E-state index contributed by atoms with van der Waals surface area (Å²) in [4.78, 5) is 105. The predicted octanol–water partition coefficient (Wildman–Crippen LogP) is -4.22. The molecule has 1 aromatic heterocycles. The van der Waals surface area contributed by atoms with Gasteiger partial charge in [-0.25, -0.2) is 9.78 Å². The number of benzene rings is 1. The van der Waals surface area contributed by atoms with Gasteiger partial charge in [-0.3, -0.25) is 33.6 Å². The number of nitrogens with one attached hydrogen (secondary N) is 6. The van der Waals surface area contributed by atoms with Crippen molar-refractivity contribution < 1.29 is 53.7 Å². The number of H-pyrrole nitrogens is 1. The number of aliphatic hydroxyl groups is 1. The van der Waals surface area contributed by atoms with Crippen LogP contribution in [0, 0.1) is 0 Å². The zero-order chi connectivity index (χ0) is 37.2. The second-order valence-electron chi connectivity index (χ2n) is 11.1. The first-order valence-corrected chi connectivity index (χ1v) is 15.3. The van der Waals surface area contributed by atoms with Gasteiger partial charge in [-0.05, 0) is 18.4 Å². The Balaban J connectivity index is 2.13. The van der Waals surface area contributed by atoms with E-state index in [0.717, 1.165) is 0 Å². The van der Waals surface area contributed by atoms with E-state index in [2.05, 4.69) is 36.6 Å². The van der Waals surface area contributed by atoms with Crippen molar-refractivity contribution in [2.45, 2.75) is 68.7 Å². The molecule has 1 aromatic carbocycles. The summed E-state index contributed by atoms with van der Waals surface area (Å²) in [7, 11) is 0. The van der Waals surface area contributed by atoms with Crippen LogP contribution in [0.4, 0.5) is 0 Å². The number of primary amides is 1. The van der Waals surface area contributed by atoms with Crippen LogP contribution in [0.3, 0.4) is 0 Å². The molecule has 272 valence electrons. The number of aliphatic carboxylic acids is 2. The second kappa shape index (κ2) is 20.5. The molecule has 0 bridgehead atoms. The third-order valence-electron chi connectivity index (χ3n) is 7.08. The number of carbonyl (C=O) groups is 8. The molecule has 1 heterocycles. The molecule has 2 rings (SSSR count). The van der Waals surface area contributed by atoms with Crippen LogP contribution in [0.2, 0.25) is 0 Å². The maximum atomic E-state index is 13.4. The zero-order valence-corrected chi connectivity index (χ0v) is 26.8. The van der Waals surface area contributed by atoms with E-state index in [1.54, 1.807) is 30.3 Å². The van der Waals surface area contributed by atoms with E-state index in [0.29, 0.717) is 11.3 Å². The first-order chi connectivity index (χ1) is 23.7. The fourth-order valence-corrected chi connectivity index (χ4v) is 4.39. The Morgan fingerprint density at radius 3 is 1.98 bits per heavy atom. The van der Waals surface area contributed by atoms with Crippen molar-refractivity contribution in [3.8, 4) is 0 Å². The molecule has 0 saturated carbocycles. The molecule has 20 nitrogen and oxygen atoms in total. The Morgan fingerprint density at radius 2 is 1.40 bits per heavy atom. The highest BCUT2D eigenvalue weighted by molar-refractivity contribution is 5.95. The van der Waals surface area contributed by atoms with Crippen LogP contribution in [0.1, 0.15) is 36.9 Å². The molecule has 0 fully saturated rings. The van der Waals surface area contributed by atoms with Crippen LogP contribution in [-0.2, 0) is 51.2 Å². The van der Waals surface area contributed by atoms with Crippen molar-refractivity contribution in [3.63, 3.8) is 0 Å². The quantitative estimate of drug-likeness (QED) is 0.0555. The van der Waals surface area contributed by atoms with E-state index in [9.17, 15) is 48.6 Å². The lowest BCUT2D eigenvalue weighted by molar-refractivity contribution is -0.142. The highest BCUT2D eigenvalue weighted by atomic mass is 16.4. The van der Waals surface area contributed by atoms with E-state index in [4.69, 9.17) is 16.6 Å². The third kappa shape index (κ3) is 14.5. The summed E-state index contributed by atoms with van der Waals surface area (Å²) < 4.78 is 0. The van der Waals surface area contributed by atoms with Crippen molar-refractivity contribution in [1.82, 2.24) is 36.6 Å².